The summed E-state index contributed by atoms with van der Waals surface area (Å²) < 4.78 is 5.44. The highest BCUT2D eigenvalue weighted by Crippen LogP contribution is 2.45. The van der Waals surface area contributed by atoms with Crippen molar-refractivity contribution in [3.63, 3.8) is 0 Å². The van der Waals surface area contributed by atoms with Gasteiger partial charge < -0.3 is 4.74 Å². The second kappa shape index (κ2) is 5.93. The van der Waals surface area contributed by atoms with Crippen LogP contribution in [-0.2, 0) is 6.42 Å². The number of hydrazine groups is 1. The lowest BCUT2D eigenvalue weighted by Gasteiger charge is -2.34. The van der Waals surface area contributed by atoms with Crippen molar-refractivity contribution in [3.8, 4) is 5.75 Å². The molecule has 3 heteroatoms. The van der Waals surface area contributed by atoms with Crippen molar-refractivity contribution in [2.75, 3.05) is 7.11 Å². The molecule has 3 N–H and O–H groups in total. The number of benzene rings is 1. The van der Waals surface area contributed by atoms with Crippen LogP contribution >= 0.6 is 0 Å². The summed E-state index contributed by atoms with van der Waals surface area (Å²) in [4.78, 5) is 0. The molecule has 1 aliphatic carbocycles. The van der Waals surface area contributed by atoms with Gasteiger partial charge in [0.1, 0.15) is 5.75 Å². The van der Waals surface area contributed by atoms with Crippen LogP contribution in [0, 0.1) is 11.3 Å². The number of hydrogen-bond acceptors (Lipinski definition) is 3. The Morgan fingerprint density at radius 2 is 2.16 bits per heavy atom. The normalized spacial score (nSPS) is 23.3. The minimum Gasteiger partial charge on any atom is -0.496 e. The van der Waals surface area contributed by atoms with E-state index < -0.39 is 0 Å². The largest absolute Gasteiger partial charge is 0.496 e. The van der Waals surface area contributed by atoms with Gasteiger partial charge in [-0.15, -0.1) is 0 Å². The average Bonchev–Trinajstić information content (AvgIpc) is 2.76. The summed E-state index contributed by atoms with van der Waals surface area (Å²) in [5.74, 6) is 7.41. The summed E-state index contributed by atoms with van der Waals surface area (Å²) >= 11 is 0. The molecule has 19 heavy (non-hydrogen) atoms. The number of methoxy groups -OCH3 is 1. The Hall–Kier alpha value is -1.06. The Labute approximate surface area is 116 Å². The number of hydrogen-bond donors (Lipinski definition) is 2. The fourth-order valence-electron chi connectivity index (χ4n) is 3.53. The van der Waals surface area contributed by atoms with E-state index in [0.29, 0.717) is 17.4 Å². The molecule has 1 fully saturated rings. The first-order chi connectivity index (χ1) is 9.08. The van der Waals surface area contributed by atoms with Crippen LogP contribution in [-0.4, -0.2) is 13.2 Å². The predicted octanol–water partition coefficient (Wildman–Crippen LogP) is 2.90. The van der Waals surface area contributed by atoms with Crippen LogP contribution in [0.3, 0.4) is 0 Å². The van der Waals surface area contributed by atoms with E-state index in [2.05, 4.69) is 31.4 Å². The monoisotopic (exact) mass is 262 g/mol. The summed E-state index contributed by atoms with van der Waals surface area (Å²) in [7, 11) is 1.73. The van der Waals surface area contributed by atoms with E-state index in [1.807, 2.05) is 12.1 Å². The van der Waals surface area contributed by atoms with Gasteiger partial charge in [0.25, 0.3) is 0 Å². The molecule has 1 saturated carbocycles. The molecule has 1 aromatic carbocycles. The van der Waals surface area contributed by atoms with Crippen LogP contribution in [0.5, 0.6) is 5.75 Å². The Morgan fingerprint density at radius 1 is 1.42 bits per heavy atom. The van der Waals surface area contributed by atoms with Gasteiger partial charge in [-0.25, -0.2) is 0 Å². The molecular formula is C16H26N2O. The molecular weight excluding hydrogens is 236 g/mol. The Balaban J connectivity index is 2.15. The predicted molar refractivity (Wildman–Crippen MR) is 78.9 cm³/mol. The first-order valence-corrected chi connectivity index (χ1v) is 7.16. The minimum absolute atomic E-state index is 0.314. The molecule has 106 valence electrons. The lowest BCUT2D eigenvalue weighted by molar-refractivity contribution is 0.195. The lowest BCUT2D eigenvalue weighted by Crippen LogP contribution is -2.45. The molecule has 0 heterocycles. The third-order valence-electron chi connectivity index (χ3n) is 4.67. The van der Waals surface area contributed by atoms with E-state index in [1.54, 1.807) is 7.11 Å². The van der Waals surface area contributed by atoms with Gasteiger partial charge in [-0.3, -0.25) is 11.3 Å². The Kier molecular flexibility index (Phi) is 4.48. The van der Waals surface area contributed by atoms with Crippen LogP contribution in [0.1, 0.15) is 38.7 Å². The zero-order valence-electron chi connectivity index (χ0n) is 12.3. The first kappa shape index (κ1) is 14.4. The third-order valence-corrected chi connectivity index (χ3v) is 4.67. The van der Waals surface area contributed by atoms with Crippen LogP contribution in [0.4, 0.5) is 0 Å². The molecule has 2 atom stereocenters. The van der Waals surface area contributed by atoms with Gasteiger partial charge in [0, 0.05) is 6.04 Å². The van der Waals surface area contributed by atoms with Crippen molar-refractivity contribution >= 4 is 0 Å². The molecule has 2 rings (SSSR count). The summed E-state index contributed by atoms with van der Waals surface area (Å²) in [5, 5.41) is 0. The van der Waals surface area contributed by atoms with Crippen LogP contribution < -0.4 is 16.0 Å². The molecule has 0 aromatic heterocycles. The number of nitrogens with two attached hydrogens (primary N) is 1. The number of nitrogens with one attached hydrogen (secondary N) is 1. The molecule has 0 saturated heterocycles. The van der Waals surface area contributed by atoms with Gasteiger partial charge in [0.05, 0.1) is 7.11 Å². The average molecular weight is 262 g/mol. The van der Waals surface area contributed by atoms with E-state index in [4.69, 9.17) is 10.6 Å². The highest BCUT2D eigenvalue weighted by atomic mass is 16.5. The third kappa shape index (κ3) is 3.10. The molecule has 1 aromatic rings. The van der Waals surface area contributed by atoms with Crippen LogP contribution in [0.25, 0.3) is 0 Å². The topological polar surface area (TPSA) is 47.3 Å². The van der Waals surface area contributed by atoms with Gasteiger partial charge in [0.2, 0.25) is 0 Å². The van der Waals surface area contributed by atoms with Crippen molar-refractivity contribution in [2.24, 2.45) is 17.2 Å². The molecule has 3 nitrogen and oxygen atoms in total. The van der Waals surface area contributed by atoms with Crippen molar-refractivity contribution in [2.45, 2.75) is 45.6 Å². The van der Waals surface area contributed by atoms with Gasteiger partial charge in [-0.2, -0.15) is 0 Å². The van der Waals surface area contributed by atoms with E-state index >= 15 is 0 Å². The van der Waals surface area contributed by atoms with Gasteiger partial charge in [-0.05, 0) is 42.2 Å². The summed E-state index contributed by atoms with van der Waals surface area (Å²) in [5.41, 5.74) is 4.65. The zero-order chi connectivity index (χ0) is 13.9. The molecule has 1 aliphatic rings. The lowest BCUT2D eigenvalue weighted by atomic mass is 9.76. The Bertz CT molecular complexity index is 417. The first-order valence-electron chi connectivity index (χ1n) is 7.16. The molecule has 0 spiro atoms. The fourth-order valence-corrected chi connectivity index (χ4v) is 3.53. The number of para-hydroxylation sites is 1. The van der Waals surface area contributed by atoms with Crippen molar-refractivity contribution in [1.29, 1.82) is 0 Å². The highest BCUT2D eigenvalue weighted by Gasteiger charge is 2.39. The van der Waals surface area contributed by atoms with E-state index in [1.165, 1.54) is 24.8 Å². The van der Waals surface area contributed by atoms with Crippen molar-refractivity contribution < 1.29 is 4.74 Å². The van der Waals surface area contributed by atoms with E-state index in [9.17, 15) is 0 Å². The number of ether oxygens (including phenoxy) is 1. The smallest absolute Gasteiger partial charge is 0.122 e. The molecule has 0 bridgehead atoms. The molecule has 0 aliphatic heterocycles. The minimum atomic E-state index is 0.314. The van der Waals surface area contributed by atoms with Gasteiger partial charge in [-0.1, -0.05) is 38.5 Å². The molecule has 0 amide bonds. The van der Waals surface area contributed by atoms with Crippen LogP contribution in [0.15, 0.2) is 24.3 Å². The fraction of sp³-hybridized carbons (Fsp3) is 0.625. The second-order valence-electron chi connectivity index (χ2n) is 6.28. The maximum absolute atomic E-state index is 5.82. The van der Waals surface area contributed by atoms with Gasteiger partial charge in [0.15, 0.2) is 0 Å². The summed E-state index contributed by atoms with van der Waals surface area (Å²) in [6.07, 6.45) is 4.79. The highest BCUT2D eigenvalue weighted by molar-refractivity contribution is 5.34. The second-order valence-corrected chi connectivity index (χ2v) is 6.28. The molecule has 0 radical (unpaired) electrons. The Morgan fingerprint density at radius 3 is 2.74 bits per heavy atom. The maximum atomic E-state index is 5.82. The molecule has 2 unspecified atom stereocenters. The van der Waals surface area contributed by atoms with Crippen molar-refractivity contribution in [3.05, 3.63) is 29.8 Å². The van der Waals surface area contributed by atoms with Crippen LogP contribution in [0.2, 0.25) is 0 Å². The maximum Gasteiger partial charge on any atom is 0.122 e. The SMILES string of the molecule is COc1ccccc1CC(NN)C1CCCC1(C)C. The standard InChI is InChI=1S/C16H26N2O/c1-16(2)10-6-8-13(16)14(18-17)11-12-7-4-5-9-15(12)19-3/h4-5,7,9,13-14,18H,6,8,10-11,17H2,1-3H3. The van der Waals surface area contributed by atoms with E-state index in [-0.39, 0.29) is 0 Å². The quantitative estimate of drug-likeness (QED) is 0.633. The van der Waals surface area contributed by atoms with Gasteiger partial charge >= 0.3 is 0 Å². The summed E-state index contributed by atoms with van der Waals surface area (Å²) in [6, 6.07) is 8.53. The zero-order valence-corrected chi connectivity index (χ0v) is 12.3. The summed E-state index contributed by atoms with van der Waals surface area (Å²) in [6.45, 7) is 4.72. The van der Waals surface area contributed by atoms with Crippen molar-refractivity contribution in [1.82, 2.24) is 5.43 Å². The number of rotatable bonds is 5. The van der Waals surface area contributed by atoms with E-state index in [0.717, 1.165) is 12.2 Å².